The van der Waals surface area contributed by atoms with Crippen molar-refractivity contribution in [2.45, 2.75) is 38.5 Å². The molecule has 1 fully saturated rings. The minimum Gasteiger partial charge on any atom is -0.379 e. The fraction of sp³-hybridized carbons (Fsp3) is 0.571. The average molecular weight is 283 g/mol. The topological polar surface area (TPSA) is 55.2 Å². The monoisotopic (exact) mass is 282 g/mol. The summed E-state index contributed by atoms with van der Waals surface area (Å²) in [4.78, 5) is 10.6. The van der Waals surface area contributed by atoms with Crippen molar-refractivity contribution in [3.63, 3.8) is 0 Å². The van der Waals surface area contributed by atoms with Gasteiger partial charge in [-0.3, -0.25) is 10.1 Å². The molecular weight excluding hydrogens is 264 g/mol. The lowest BCUT2D eigenvalue weighted by Crippen LogP contribution is -2.14. The van der Waals surface area contributed by atoms with Gasteiger partial charge in [-0.25, -0.2) is 0 Å². The van der Waals surface area contributed by atoms with Crippen LogP contribution in [-0.2, 0) is 0 Å². The van der Waals surface area contributed by atoms with Gasteiger partial charge in [0.25, 0.3) is 5.69 Å². The number of hydrogen-bond donors (Lipinski definition) is 1. The van der Waals surface area contributed by atoms with E-state index in [1.165, 1.54) is 44.6 Å². The highest BCUT2D eigenvalue weighted by Crippen LogP contribution is 2.29. The Morgan fingerprint density at radius 3 is 2.58 bits per heavy atom. The Balaban J connectivity index is 2.01. The number of anilines is 1. The van der Waals surface area contributed by atoms with Gasteiger partial charge in [0.05, 0.1) is 4.92 Å². The first-order valence-corrected chi connectivity index (χ1v) is 7.22. The summed E-state index contributed by atoms with van der Waals surface area (Å²) in [6.45, 7) is 0.793. The first kappa shape index (κ1) is 14.1. The molecule has 0 aromatic heterocycles. The van der Waals surface area contributed by atoms with Crippen LogP contribution < -0.4 is 5.32 Å². The maximum absolute atomic E-state index is 11.0. The van der Waals surface area contributed by atoms with Crippen LogP contribution in [0.15, 0.2) is 18.2 Å². The van der Waals surface area contributed by atoms with Crippen molar-refractivity contribution in [3.8, 4) is 0 Å². The fourth-order valence-corrected chi connectivity index (χ4v) is 2.80. The van der Waals surface area contributed by atoms with Crippen molar-refractivity contribution in [2.75, 3.05) is 11.9 Å². The summed E-state index contributed by atoms with van der Waals surface area (Å²) in [5.41, 5.74) is 0.625. The molecule has 104 valence electrons. The maximum atomic E-state index is 11.0. The van der Waals surface area contributed by atoms with Gasteiger partial charge in [-0.05, 0) is 30.9 Å². The van der Waals surface area contributed by atoms with E-state index in [4.69, 9.17) is 11.6 Å². The Morgan fingerprint density at radius 1 is 1.26 bits per heavy atom. The summed E-state index contributed by atoms with van der Waals surface area (Å²) >= 11 is 5.91. The van der Waals surface area contributed by atoms with Gasteiger partial charge in [0, 0.05) is 17.6 Å². The second-order valence-corrected chi connectivity index (χ2v) is 5.59. The number of benzene rings is 1. The molecule has 0 heterocycles. The average Bonchev–Trinajstić information content (AvgIpc) is 2.64. The van der Waals surface area contributed by atoms with E-state index in [-0.39, 0.29) is 10.6 Å². The standard InChI is InChI=1S/C14H19ClN2O2/c15-12-7-8-14(17(18)19)13(9-12)16-10-11-5-3-1-2-4-6-11/h7-9,11,16H,1-6,10H2. The normalized spacial score (nSPS) is 16.9. The second kappa shape index (κ2) is 6.75. The molecule has 1 N–H and O–H groups in total. The van der Waals surface area contributed by atoms with Crippen LogP contribution in [0.1, 0.15) is 38.5 Å². The Labute approximate surface area is 118 Å². The fourth-order valence-electron chi connectivity index (χ4n) is 2.63. The van der Waals surface area contributed by atoms with E-state index in [0.29, 0.717) is 16.6 Å². The van der Waals surface area contributed by atoms with Gasteiger partial charge in [0.1, 0.15) is 5.69 Å². The number of rotatable bonds is 4. The molecule has 0 atom stereocenters. The van der Waals surface area contributed by atoms with Crippen molar-refractivity contribution in [1.82, 2.24) is 0 Å². The lowest BCUT2D eigenvalue weighted by atomic mass is 10.0. The van der Waals surface area contributed by atoms with Crippen molar-refractivity contribution in [2.24, 2.45) is 5.92 Å². The van der Waals surface area contributed by atoms with Gasteiger partial charge in [-0.1, -0.05) is 37.3 Å². The third kappa shape index (κ3) is 4.10. The van der Waals surface area contributed by atoms with Crippen LogP contribution in [-0.4, -0.2) is 11.5 Å². The van der Waals surface area contributed by atoms with Gasteiger partial charge >= 0.3 is 0 Å². The molecule has 0 aliphatic heterocycles. The molecular formula is C14H19ClN2O2. The van der Waals surface area contributed by atoms with Gasteiger partial charge in [0.15, 0.2) is 0 Å². The zero-order chi connectivity index (χ0) is 13.7. The minimum absolute atomic E-state index is 0.0954. The number of nitrogens with one attached hydrogen (secondary N) is 1. The lowest BCUT2D eigenvalue weighted by molar-refractivity contribution is -0.384. The van der Waals surface area contributed by atoms with Gasteiger partial charge in [-0.2, -0.15) is 0 Å². The summed E-state index contributed by atoms with van der Waals surface area (Å²) < 4.78 is 0. The molecule has 1 aromatic carbocycles. The third-order valence-electron chi connectivity index (χ3n) is 3.71. The van der Waals surface area contributed by atoms with Crippen LogP contribution in [0.2, 0.25) is 5.02 Å². The SMILES string of the molecule is O=[N+]([O-])c1ccc(Cl)cc1NCC1CCCCCC1. The predicted molar refractivity (Wildman–Crippen MR) is 77.8 cm³/mol. The summed E-state index contributed by atoms with van der Waals surface area (Å²) in [5.74, 6) is 0.612. The van der Waals surface area contributed by atoms with Crippen LogP contribution in [0.3, 0.4) is 0 Å². The summed E-state index contributed by atoms with van der Waals surface area (Å²) in [7, 11) is 0. The van der Waals surface area contributed by atoms with Crippen LogP contribution in [0.5, 0.6) is 0 Å². The number of nitro benzene ring substituents is 1. The molecule has 1 aliphatic carbocycles. The zero-order valence-corrected chi connectivity index (χ0v) is 11.7. The van der Waals surface area contributed by atoms with Crippen LogP contribution in [0.25, 0.3) is 0 Å². The number of nitrogens with zero attached hydrogens (tertiary/aromatic N) is 1. The van der Waals surface area contributed by atoms with Gasteiger partial charge in [0.2, 0.25) is 0 Å². The van der Waals surface area contributed by atoms with Crippen molar-refractivity contribution in [1.29, 1.82) is 0 Å². The molecule has 0 amide bonds. The highest BCUT2D eigenvalue weighted by molar-refractivity contribution is 6.31. The molecule has 1 aromatic rings. The summed E-state index contributed by atoms with van der Waals surface area (Å²) in [6, 6.07) is 4.64. The van der Waals surface area contributed by atoms with Gasteiger partial charge < -0.3 is 5.32 Å². The van der Waals surface area contributed by atoms with Gasteiger partial charge in [-0.15, -0.1) is 0 Å². The summed E-state index contributed by atoms with van der Waals surface area (Å²) in [6.07, 6.45) is 7.58. The van der Waals surface area contributed by atoms with E-state index in [2.05, 4.69) is 5.32 Å². The Kier molecular flexibility index (Phi) is 5.02. The minimum atomic E-state index is -0.369. The highest BCUT2D eigenvalue weighted by atomic mass is 35.5. The van der Waals surface area contributed by atoms with E-state index in [1.54, 1.807) is 12.1 Å². The molecule has 0 spiro atoms. The predicted octanol–water partition coefficient (Wildman–Crippen LogP) is 4.63. The Morgan fingerprint density at radius 2 is 1.95 bits per heavy atom. The molecule has 1 saturated carbocycles. The molecule has 0 unspecified atom stereocenters. The van der Waals surface area contributed by atoms with Crippen molar-refractivity contribution >= 4 is 23.0 Å². The molecule has 5 heteroatoms. The molecule has 0 radical (unpaired) electrons. The molecule has 0 bridgehead atoms. The van der Waals surface area contributed by atoms with Crippen molar-refractivity contribution < 1.29 is 4.92 Å². The van der Waals surface area contributed by atoms with Crippen molar-refractivity contribution in [3.05, 3.63) is 33.3 Å². The molecule has 0 saturated heterocycles. The third-order valence-corrected chi connectivity index (χ3v) is 3.95. The van der Waals surface area contributed by atoms with Crippen LogP contribution >= 0.6 is 11.6 Å². The van der Waals surface area contributed by atoms with E-state index >= 15 is 0 Å². The first-order valence-electron chi connectivity index (χ1n) is 6.84. The smallest absolute Gasteiger partial charge is 0.292 e. The number of hydrogen-bond acceptors (Lipinski definition) is 3. The Bertz CT molecular complexity index is 443. The first-order chi connectivity index (χ1) is 9.16. The van der Waals surface area contributed by atoms with Crippen LogP contribution in [0.4, 0.5) is 11.4 Å². The van der Waals surface area contributed by atoms with Crippen LogP contribution in [0, 0.1) is 16.0 Å². The number of nitro groups is 1. The Hall–Kier alpha value is -1.29. The largest absolute Gasteiger partial charge is 0.379 e. The number of halogens is 1. The van der Waals surface area contributed by atoms with E-state index in [9.17, 15) is 10.1 Å². The zero-order valence-electron chi connectivity index (χ0n) is 10.9. The quantitative estimate of drug-likeness (QED) is 0.497. The lowest BCUT2D eigenvalue weighted by Gasteiger charge is -2.15. The van der Waals surface area contributed by atoms with E-state index in [1.807, 2.05) is 0 Å². The molecule has 2 rings (SSSR count). The summed E-state index contributed by atoms with van der Waals surface area (Å²) in [5, 5.41) is 14.7. The second-order valence-electron chi connectivity index (χ2n) is 5.16. The maximum Gasteiger partial charge on any atom is 0.292 e. The molecule has 4 nitrogen and oxygen atoms in total. The molecule has 19 heavy (non-hydrogen) atoms. The molecule has 1 aliphatic rings. The van der Waals surface area contributed by atoms with E-state index < -0.39 is 0 Å². The van der Waals surface area contributed by atoms with E-state index in [0.717, 1.165) is 6.54 Å². The highest BCUT2D eigenvalue weighted by Gasteiger charge is 2.16.